The number of esters is 1. The fourth-order valence-corrected chi connectivity index (χ4v) is 2.73. The molecule has 0 N–H and O–H groups in total. The first-order valence-electron chi connectivity index (χ1n) is 7.04. The molecule has 0 aliphatic heterocycles. The van der Waals surface area contributed by atoms with E-state index in [1.165, 1.54) is 7.11 Å². The van der Waals surface area contributed by atoms with E-state index in [9.17, 15) is 4.79 Å². The van der Waals surface area contributed by atoms with Gasteiger partial charge in [-0.15, -0.1) is 0 Å². The van der Waals surface area contributed by atoms with Crippen LogP contribution in [-0.2, 0) is 20.9 Å². The Morgan fingerprint density at radius 1 is 1.38 bits per heavy atom. The van der Waals surface area contributed by atoms with Crippen molar-refractivity contribution in [2.45, 2.75) is 38.0 Å². The largest absolute Gasteiger partial charge is 0.469 e. The maximum absolute atomic E-state index is 11.9. The molecule has 112 valence electrons. The lowest BCUT2D eigenvalue weighted by Crippen LogP contribution is -2.42. The number of hydrogen-bond acceptors (Lipinski definition) is 4. The zero-order chi connectivity index (χ0) is 15.1. The van der Waals surface area contributed by atoms with Crippen molar-refractivity contribution in [2.24, 2.45) is 11.0 Å². The van der Waals surface area contributed by atoms with Crippen LogP contribution in [0.3, 0.4) is 0 Å². The first-order valence-corrected chi connectivity index (χ1v) is 7.04. The molecule has 6 nitrogen and oxygen atoms in total. The zero-order valence-corrected chi connectivity index (χ0v) is 12.0. The molecule has 0 spiro atoms. The highest BCUT2D eigenvalue weighted by Gasteiger charge is 2.38. The summed E-state index contributed by atoms with van der Waals surface area (Å²) in [6, 6.07) is 9.39. The third-order valence-electron chi connectivity index (χ3n) is 3.78. The second-order valence-electron chi connectivity index (χ2n) is 5.09. The standard InChI is InChI=1S/C15H19N3O3/c1-20-15(19)12-8-5-9-13(17-18-16)14(12)21-10-11-6-3-2-4-7-11/h2-4,6-7,12-14H,5,8-10H2,1H3/t12-,13-,14-/m0/s1. The number of azide groups is 1. The van der Waals surface area contributed by atoms with Crippen molar-refractivity contribution < 1.29 is 14.3 Å². The average molecular weight is 289 g/mol. The van der Waals surface area contributed by atoms with Gasteiger partial charge in [0.25, 0.3) is 0 Å². The van der Waals surface area contributed by atoms with E-state index in [0.29, 0.717) is 13.0 Å². The molecule has 1 saturated carbocycles. The molecule has 0 bridgehead atoms. The number of carbonyl (C=O) groups is 1. The van der Waals surface area contributed by atoms with Crippen molar-refractivity contribution in [3.05, 3.63) is 46.3 Å². The maximum Gasteiger partial charge on any atom is 0.311 e. The van der Waals surface area contributed by atoms with Crippen LogP contribution in [0.5, 0.6) is 0 Å². The molecule has 1 aliphatic carbocycles. The topological polar surface area (TPSA) is 84.3 Å². The summed E-state index contributed by atoms with van der Waals surface area (Å²) < 4.78 is 10.7. The van der Waals surface area contributed by atoms with E-state index in [-0.39, 0.29) is 17.9 Å². The number of hydrogen-bond donors (Lipinski definition) is 0. The summed E-state index contributed by atoms with van der Waals surface area (Å²) in [4.78, 5) is 14.8. The molecule has 1 aromatic carbocycles. The van der Waals surface area contributed by atoms with Crippen LogP contribution in [0.25, 0.3) is 10.4 Å². The molecule has 1 aliphatic rings. The van der Waals surface area contributed by atoms with Gasteiger partial charge in [0.05, 0.1) is 31.8 Å². The van der Waals surface area contributed by atoms with E-state index in [2.05, 4.69) is 10.0 Å². The van der Waals surface area contributed by atoms with Crippen LogP contribution in [-0.4, -0.2) is 25.2 Å². The van der Waals surface area contributed by atoms with Crippen LogP contribution in [0.4, 0.5) is 0 Å². The quantitative estimate of drug-likeness (QED) is 0.361. The van der Waals surface area contributed by atoms with Crippen LogP contribution in [0.2, 0.25) is 0 Å². The molecular formula is C15H19N3O3. The second-order valence-corrected chi connectivity index (χ2v) is 5.09. The van der Waals surface area contributed by atoms with E-state index in [1.54, 1.807) is 0 Å². The number of methoxy groups -OCH3 is 1. The Labute approximate surface area is 123 Å². The summed E-state index contributed by atoms with van der Waals surface area (Å²) in [6.45, 7) is 0.385. The lowest BCUT2D eigenvalue weighted by atomic mass is 9.83. The second kappa shape index (κ2) is 7.67. The number of carbonyl (C=O) groups excluding carboxylic acids is 1. The summed E-state index contributed by atoms with van der Waals surface area (Å²) in [6.07, 6.45) is 1.83. The molecule has 0 amide bonds. The maximum atomic E-state index is 11.9. The zero-order valence-electron chi connectivity index (χ0n) is 12.0. The van der Waals surface area contributed by atoms with E-state index in [1.807, 2.05) is 30.3 Å². The molecule has 21 heavy (non-hydrogen) atoms. The Morgan fingerprint density at radius 3 is 2.81 bits per heavy atom. The Morgan fingerprint density at radius 2 is 2.14 bits per heavy atom. The minimum atomic E-state index is -0.428. The lowest BCUT2D eigenvalue weighted by molar-refractivity contribution is -0.155. The summed E-state index contributed by atoms with van der Waals surface area (Å²) >= 11 is 0. The Kier molecular flexibility index (Phi) is 5.60. The fraction of sp³-hybridized carbons (Fsp3) is 0.533. The van der Waals surface area contributed by atoms with Crippen LogP contribution in [0.15, 0.2) is 35.4 Å². The van der Waals surface area contributed by atoms with Crippen molar-refractivity contribution in [1.29, 1.82) is 0 Å². The fourth-order valence-electron chi connectivity index (χ4n) is 2.73. The molecule has 2 rings (SSSR count). The molecule has 0 aromatic heterocycles. The van der Waals surface area contributed by atoms with Gasteiger partial charge in [-0.05, 0) is 23.9 Å². The third kappa shape index (κ3) is 3.97. The SMILES string of the molecule is COC(=O)[C@H]1CCC[C@H](N=[N+]=[N-])[C@H]1OCc1ccccc1. The predicted molar refractivity (Wildman–Crippen MR) is 77.3 cm³/mol. The van der Waals surface area contributed by atoms with E-state index >= 15 is 0 Å². The first-order chi connectivity index (χ1) is 10.3. The molecule has 0 radical (unpaired) electrons. The highest BCUT2D eigenvalue weighted by molar-refractivity contribution is 5.73. The van der Waals surface area contributed by atoms with E-state index < -0.39 is 6.10 Å². The highest BCUT2D eigenvalue weighted by atomic mass is 16.5. The van der Waals surface area contributed by atoms with Gasteiger partial charge >= 0.3 is 5.97 Å². The van der Waals surface area contributed by atoms with Gasteiger partial charge in [-0.1, -0.05) is 41.9 Å². The monoisotopic (exact) mass is 289 g/mol. The van der Waals surface area contributed by atoms with Crippen LogP contribution < -0.4 is 0 Å². The summed E-state index contributed by atoms with van der Waals surface area (Å²) in [5.41, 5.74) is 9.71. The molecule has 1 aromatic rings. The van der Waals surface area contributed by atoms with Crippen molar-refractivity contribution in [3.8, 4) is 0 Å². The van der Waals surface area contributed by atoms with Crippen molar-refractivity contribution >= 4 is 5.97 Å². The molecule has 1 fully saturated rings. The summed E-state index contributed by atoms with van der Waals surface area (Å²) in [7, 11) is 1.37. The first kappa shape index (κ1) is 15.4. The highest BCUT2D eigenvalue weighted by Crippen LogP contribution is 2.31. The Balaban J connectivity index is 2.10. The predicted octanol–water partition coefficient (Wildman–Crippen LogP) is 3.22. The average Bonchev–Trinajstić information content (AvgIpc) is 2.54. The number of rotatable bonds is 5. The summed E-state index contributed by atoms with van der Waals surface area (Å²) in [5.74, 6) is -0.672. The van der Waals surface area contributed by atoms with Gasteiger partial charge < -0.3 is 9.47 Å². The number of benzene rings is 1. The molecule has 3 atom stereocenters. The van der Waals surface area contributed by atoms with Crippen LogP contribution in [0, 0.1) is 5.92 Å². The van der Waals surface area contributed by atoms with Gasteiger partial charge in [-0.25, -0.2) is 0 Å². The molecule has 0 saturated heterocycles. The van der Waals surface area contributed by atoms with Gasteiger partial charge in [0, 0.05) is 4.91 Å². The molecular weight excluding hydrogens is 270 g/mol. The molecule has 6 heteroatoms. The minimum Gasteiger partial charge on any atom is -0.469 e. The van der Waals surface area contributed by atoms with Gasteiger partial charge in [-0.3, -0.25) is 4.79 Å². The minimum absolute atomic E-state index is 0.300. The summed E-state index contributed by atoms with van der Waals surface area (Å²) in [5, 5.41) is 3.79. The molecule has 0 unspecified atom stereocenters. The Bertz CT molecular complexity index is 514. The van der Waals surface area contributed by atoms with Crippen molar-refractivity contribution in [2.75, 3.05) is 7.11 Å². The van der Waals surface area contributed by atoms with Crippen LogP contribution in [0.1, 0.15) is 24.8 Å². The smallest absolute Gasteiger partial charge is 0.311 e. The number of ether oxygens (including phenoxy) is 2. The lowest BCUT2D eigenvalue weighted by Gasteiger charge is -2.34. The number of nitrogens with zero attached hydrogens (tertiary/aromatic N) is 3. The van der Waals surface area contributed by atoms with Gasteiger partial charge in [-0.2, -0.15) is 0 Å². The van der Waals surface area contributed by atoms with Crippen LogP contribution >= 0.6 is 0 Å². The van der Waals surface area contributed by atoms with Crippen molar-refractivity contribution in [3.63, 3.8) is 0 Å². The van der Waals surface area contributed by atoms with E-state index in [0.717, 1.165) is 18.4 Å². The van der Waals surface area contributed by atoms with E-state index in [4.69, 9.17) is 15.0 Å². The van der Waals surface area contributed by atoms with Gasteiger partial charge in [0.15, 0.2) is 0 Å². The Hall–Kier alpha value is -2.04. The normalized spacial score (nSPS) is 24.9. The van der Waals surface area contributed by atoms with Crippen molar-refractivity contribution in [1.82, 2.24) is 0 Å². The molecule has 0 heterocycles. The third-order valence-corrected chi connectivity index (χ3v) is 3.78. The van der Waals surface area contributed by atoms with Gasteiger partial charge in [0.2, 0.25) is 0 Å². The van der Waals surface area contributed by atoms with Gasteiger partial charge in [0.1, 0.15) is 0 Å².